The van der Waals surface area contributed by atoms with Gasteiger partial charge in [-0.25, -0.2) is 0 Å². The molecular formula is C11H21N3O3. The molecule has 1 fully saturated rings. The molecule has 0 saturated carbocycles. The Balaban J connectivity index is 2.37. The highest BCUT2D eigenvalue weighted by Crippen LogP contribution is 2.26. The molecule has 98 valence electrons. The third-order valence-corrected chi connectivity index (χ3v) is 3.16. The first kappa shape index (κ1) is 13.9. The fourth-order valence-electron chi connectivity index (χ4n) is 1.63. The van der Waals surface area contributed by atoms with E-state index >= 15 is 0 Å². The number of nitrogens with one attached hydrogen (secondary N) is 1. The van der Waals surface area contributed by atoms with Gasteiger partial charge in [-0.2, -0.15) is 0 Å². The normalized spacial score (nSPS) is 27.9. The smallest absolute Gasteiger partial charge is 0.229 e. The fourth-order valence-corrected chi connectivity index (χ4v) is 1.63. The quantitative estimate of drug-likeness (QED) is 0.659. The summed E-state index contributed by atoms with van der Waals surface area (Å²) in [4.78, 5) is 24.7. The molecule has 2 atom stereocenters. The summed E-state index contributed by atoms with van der Waals surface area (Å²) in [6, 6.07) is -0.285. The molecule has 1 rings (SSSR count). The van der Waals surface area contributed by atoms with Crippen molar-refractivity contribution in [1.82, 2.24) is 10.2 Å². The number of amides is 2. The van der Waals surface area contributed by atoms with Gasteiger partial charge >= 0.3 is 0 Å². The lowest BCUT2D eigenvalue weighted by Crippen LogP contribution is -2.50. The van der Waals surface area contributed by atoms with Gasteiger partial charge in [-0.3, -0.25) is 9.59 Å². The maximum Gasteiger partial charge on any atom is 0.229 e. The molecular weight excluding hydrogens is 222 g/mol. The Morgan fingerprint density at radius 3 is 2.65 bits per heavy atom. The van der Waals surface area contributed by atoms with Crippen molar-refractivity contribution in [3.8, 4) is 0 Å². The summed E-state index contributed by atoms with van der Waals surface area (Å²) in [6.07, 6.45) is 0.297. The van der Waals surface area contributed by atoms with Crippen LogP contribution in [0.1, 0.15) is 13.3 Å². The summed E-state index contributed by atoms with van der Waals surface area (Å²) in [7, 11) is 3.37. The van der Waals surface area contributed by atoms with Crippen molar-refractivity contribution in [3.63, 3.8) is 0 Å². The fraction of sp³-hybridized carbons (Fsp3) is 0.818. The van der Waals surface area contributed by atoms with Gasteiger partial charge in [0.2, 0.25) is 11.8 Å². The molecule has 17 heavy (non-hydrogen) atoms. The first-order chi connectivity index (χ1) is 7.88. The average Bonchev–Trinajstić information content (AvgIpc) is 2.60. The highest BCUT2D eigenvalue weighted by atomic mass is 16.5. The summed E-state index contributed by atoms with van der Waals surface area (Å²) >= 11 is 0. The molecule has 0 aliphatic carbocycles. The van der Waals surface area contributed by atoms with Gasteiger partial charge in [0, 0.05) is 33.1 Å². The molecule has 0 spiro atoms. The summed E-state index contributed by atoms with van der Waals surface area (Å²) in [5, 5.41) is 2.73. The summed E-state index contributed by atoms with van der Waals surface area (Å²) in [5.41, 5.74) is 5.15. The summed E-state index contributed by atoms with van der Waals surface area (Å²) in [5.74, 6) is -0.156. The number of nitrogens with zero attached hydrogens (tertiary/aromatic N) is 1. The molecule has 2 amide bonds. The van der Waals surface area contributed by atoms with E-state index in [1.165, 1.54) is 4.90 Å². The Labute approximate surface area is 101 Å². The lowest BCUT2D eigenvalue weighted by molar-refractivity contribution is -0.131. The molecule has 0 aromatic heterocycles. The third kappa shape index (κ3) is 3.17. The van der Waals surface area contributed by atoms with Crippen LogP contribution in [0.2, 0.25) is 0 Å². The highest BCUT2D eigenvalue weighted by molar-refractivity contribution is 5.84. The van der Waals surface area contributed by atoms with Crippen molar-refractivity contribution < 1.29 is 14.3 Å². The standard InChI is InChI=1S/C11H21N3O3/c1-11(7-17-6-8(11)12)10(16)13-5-4-9(15)14(2)3/h8H,4-7,12H2,1-3H3,(H,13,16). The number of hydrogen-bond donors (Lipinski definition) is 2. The molecule has 0 radical (unpaired) electrons. The average molecular weight is 243 g/mol. The van der Waals surface area contributed by atoms with Crippen LogP contribution in [0.5, 0.6) is 0 Å². The summed E-state index contributed by atoms with van der Waals surface area (Å²) in [6.45, 7) is 2.86. The SMILES string of the molecule is CN(C)C(=O)CCNC(=O)C1(C)COCC1N. The zero-order valence-electron chi connectivity index (χ0n) is 10.7. The van der Waals surface area contributed by atoms with Gasteiger partial charge < -0.3 is 20.7 Å². The second kappa shape index (κ2) is 5.46. The van der Waals surface area contributed by atoms with E-state index in [1.807, 2.05) is 0 Å². The van der Waals surface area contributed by atoms with Crippen LogP contribution in [-0.4, -0.2) is 56.6 Å². The number of hydrogen-bond acceptors (Lipinski definition) is 4. The molecule has 1 aliphatic heterocycles. The van der Waals surface area contributed by atoms with Crippen LogP contribution in [0.4, 0.5) is 0 Å². The molecule has 6 heteroatoms. The van der Waals surface area contributed by atoms with E-state index in [0.29, 0.717) is 26.2 Å². The second-order valence-electron chi connectivity index (χ2n) is 4.83. The number of nitrogens with two attached hydrogens (primary N) is 1. The zero-order chi connectivity index (χ0) is 13.1. The number of rotatable bonds is 4. The van der Waals surface area contributed by atoms with E-state index in [4.69, 9.17) is 10.5 Å². The van der Waals surface area contributed by atoms with E-state index < -0.39 is 5.41 Å². The summed E-state index contributed by atoms with van der Waals surface area (Å²) < 4.78 is 5.20. The van der Waals surface area contributed by atoms with Crippen LogP contribution in [0.3, 0.4) is 0 Å². The van der Waals surface area contributed by atoms with E-state index in [0.717, 1.165) is 0 Å². The maximum absolute atomic E-state index is 11.9. The Kier molecular flexibility index (Phi) is 4.47. The molecule has 0 aromatic rings. The molecule has 1 saturated heterocycles. The van der Waals surface area contributed by atoms with Crippen molar-refractivity contribution in [3.05, 3.63) is 0 Å². The molecule has 3 N–H and O–H groups in total. The number of carbonyl (C=O) groups is 2. The van der Waals surface area contributed by atoms with Gasteiger partial charge in [0.1, 0.15) is 0 Å². The minimum absolute atomic E-state index is 0.0116. The Morgan fingerprint density at radius 2 is 2.18 bits per heavy atom. The van der Waals surface area contributed by atoms with E-state index in [-0.39, 0.29) is 17.9 Å². The van der Waals surface area contributed by atoms with Crippen molar-refractivity contribution in [1.29, 1.82) is 0 Å². The Hall–Kier alpha value is -1.14. The Bertz CT molecular complexity index is 306. The van der Waals surface area contributed by atoms with Gasteiger partial charge in [-0.15, -0.1) is 0 Å². The highest BCUT2D eigenvalue weighted by Gasteiger charge is 2.44. The lowest BCUT2D eigenvalue weighted by atomic mass is 9.85. The molecule has 0 aromatic carbocycles. The van der Waals surface area contributed by atoms with Crippen molar-refractivity contribution in [2.24, 2.45) is 11.1 Å². The van der Waals surface area contributed by atoms with Crippen molar-refractivity contribution in [2.75, 3.05) is 33.9 Å². The van der Waals surface area contributed by atoms with Gasteiger partial charge in [0.05, 0.1) is 18.6 Å². The van der Waals surface area contributed by atoms with Crippen LogP contribution in [0.15, 0.2) is 0 Å². The predicted octanol–water partition coefficient (Wildman–Crippen LogP) is -1.06. The van der Waals surface area contributed by atoms with Crippen LogP contribution in [-0.2, 0) is 14.3 Å². The van der Waals surface area contributed by atoms with Gasteiger partial charge in [-0.05, 0) is 6.92 Å². The van der Waals surface area contributed by atoms with Crippen molar-refractivity contribution >= 4 is 11.8 Å². The predicted molar refractivity (Wildman–Crippen MR) is 63.2 cm³/mol. The minimum atomic E-state index is -0.679. The van der Waals surface area contributed by atoms with Gasteiger partial charge in [-0.1, -0.05) is 0 Å². The zero-order valence-corrected chi connectivity index (χ0v) is 10.7. The van der Waals surface area contributed by atoms with E-state index in [9.17, 15) is 9.59 Å². The first-order valence-electron chi connectivity index (χ1n) is 5.69. The monoisotopic (exact) mass is 243 g/mol. The lowest BCUT2D eigenvalue weighted by Gasteiger charge is -2.25. The molecule has 0 bridgehead atoms. The molecule has 6 nitrogen and oxygen atoms in total. The third-order valence-electron chi connectivity index (χ3n) is 3.16. The topological polar surface area (TPSA) is 84.7 Å². The van der Waals surface area contributed by atoms with Gasteiger partial charge in [0.25, 0.3) is 0 Å². The van der Waals surface area contributed by atoms with Crippen LogP contribution in [0.25, 0.3) is 0 Å². The molecule has 1 aliphatic rings. The molecule has 2 unspecified atom stereocenters. The minimum Gasteiger partial charge on any atom is -0.379 e. The van der Waals surface area contributed by atoms with Crippen molar-refractivity contribution in [2.45, 2.75) is 19.4 Å². The van der Waals surface area contributed by atoms with Gasteiger partial charge in [0.15, 0.2) is 0 Å². The molecule has 1 heterocycles. The Morgan fingerprint density at radius 1 is 1.53 bits per heavy atom. The second-order valence-corrected chi connectivity index (χ2v) is 4.83. The first-order valence-corrected chi connectivity index (χ1v) is 5.69. The van der Waals surface area contributed by atoms with Crippen LogP contribution in [0, 0.1) is 5.41 Å². The largest absolute Gasteiger partial charge is 0.379 e. The maximum atomic E-state index is 11.9. The van der Waals surface area contributed by atoms with Crippen LogP contribution < -0.4 is 11.1 Å². The van der Waals surface area contributed by atoms with Crippen LogP contribution >= 0.6 is 0 Å². The number of carbonyl (C=O) groups excluding carboxylic acids is 2. The van der Waals surface area contributed by atoms with E-state index in [1.54, 1.807) is 21.0 Å². The number of ether oxygens (including phenoxy) is 1. The van der Waals surface area contributed by atoms with E-state index in [2.05, 4.69) is 5.32 Å².